The van der Waals surface area contributed by atoms with Gasteiger partial charge in [0.2, 0.25) is 0 Å². The van der Waals surface area contributed by atoms with Crippen LogP contribution >= 0.6 is 0 Å². The van der Waals surface area contributed by atoms with Crippen LogP contribution < -0.4 is 0 Å². The van der Waals surface area contributed by atoms with Crippen molar-refractivity contribution in [3.8, 4) is 6.07 Å². The Bertz CT molecular complexity index is 522. The fraction of sp³-hybridized carbons (Fsp3) is 0.952. The Balaban J connectivity index is 2.11. The molecule has 0 amide bonds. The lowest BCUT2D eigenvalue weighted by Crippen LogP contribution is -2.59. The second kappa shape index (κ2) is 8.03. The minimum absolute atomic E-state index is 0.00877. The molecule has 0 aromatic rings. The van der Waals surface area contributed by atoms with E-state index in [1.54, 1.807) is 0 Å². The number of piperidine rings is 1. The van der Waals surface area contributed by atoms with E-state index in [2.05, 4.69) is 66.5 Å². The van der Waals surface area contributed by atoms with Gasteiger partial charge in [-0.3, -0.25) is 4.84 Å². The average molecular weight is 378 g/mol. The van der Waals surface area contributed by atoms with Crippen molar-refractivity contribution in [2.45, 2.75) is 129 Å². The van der Waals surface area contributed by atoms with Crippen molar-refractivity contribution in [1.29, 1.82) is 5.26 Å². The Morgan fingerprint density at radius 1 is 1.00 bits per heavy atom. The molecule has 0 bridgehead atoms. The first-order valence-corrected chi connectivity index (χ1v) is 10.5. The van der Waals surface area contributed by atoms with E-state index in [1.165, 1.54) is 6.42 Å². The third-order valence-corrected chi connectivity index (χ3v) is 6.50. The summed E-state index contributed by atoms with van der Waals surface area (Å²) in [6.07, 6.45) is 6.34. The second-order valence-corrected chi connectivity index (χ2v) is 10.5. The second-order valence-electron chi connectivity index (χ2n) is 10.5. The molecule has 0 N–H and O–H groups in total. The molecular weight excluding hydrogens is 339 g/mol. The van der Waals surface area contributed by atoms with E-state index < -0.39 is 0 Å². The fourth-order valence-corrected chi connectivity index (χ4v) is 4.31. The number of hydrogen-bond acceptors (Lipinski definition) is 5. The summed E-state index contributed by atoms with van der Waals surface area (Å²) in [6, 6.07) is 2.25. The van der Waals surface area contributed by atoms with Gasteiger partial charge in [-0.15, -0.1) is 0 Å². The largest absolute Gasteiger partial charge is 0.460 e. The maximum atomic E-state index is 8.94. The molecular formula is C21H39BN2O3. The lowest BCUT2D eigenvalue weighted by Gasteiger charge is -2.52. The van der Waals surface area contributed by atoms with Gasteiger partial charge in [0.05, 0.1) is 23.4 Å². The molecule has 0 aromatic carbocycles. The van der Waals surface area contributed by atoms with Crippen LogP contribution in [0.25, 0.3) is 0 Å². The molecule has 2 aliphatic rings. The van der Waals surface area contributed by atoms with Crippen LogP contribution in [0.4, 0.5) is 0 Å². The van der Waals surface area contributed by atoms with E-state index in [1.807, 2.05) is 0 Å². The van der Waals surface area contributed by atoms with Crippen molar-refractivity contribution in [3.05, 3.63) is 0 Å². The predicted octanol–water partition coefficient (Wildman–Crippen LogP) is 5.12. The van der Waals surface area contributed by atoms with Crippen LogP contribution in [0.15, 0.2) is 0 Å². The zero-order valence-electron chi connectivity index (χ0n) is 18.7. The topological polar surface area (TPSA) is 54.7 Å². The van der Waals surface area contributed by atoms with E-state index in [4.69, 9.17) is 19.4 Å². The molecule has 154 valence electrons. The monoisotopic (exact) mass is 378 g/mol. The molecule has 0 radical (unpaired) electrons. The molecule has 0 aliphatic carbocycles. The van der Waals surface area contributed by atoms with Gasteiger partial charge in [0.15, 0.2) is 0 Å². The molecule has 1 unspecified atom stereocenters. The van der Waals surface area contributed by atoms with Crippen LogP contribution in [0.3, 0.4) is 0 Å². The van der Waals surface area contributed by atoms with E-state index >= 15 is 0 Å². The SMILES string of the molecule is CC1(C)CCCC(C)(C)N1OC(CCCC#N)CB1OC(C)(C)C(C)(C)O1. The van der Waals surface area contributed by atoms with Crippen molar-refractivity contribution >= 4 is 7.12 Å². The van der Waals surface area contributed by atoms with Gasteiger partial charge in [0, 0.05) is 23.8 Å². The summed E-state index contributed by atoms with van der Waals surface area (Å²) >= 11 is 0. The van der Waals surface area contributed by atoms with Crippen molar-refractivity contribution in [1.82, 2.24) is 5.06 Å². The van der Waals surface area contributed by atoms with Crippen LogP contribution in [0, 0.1) is 11.3 Å². The number of hydroxylamine groups is 2. The Kier molecular flexibility index (Phi) is 6.74. The Morgan fingerprint density at radius 3 is 2.00 bits per heavy atom. The summed E-state index contributed by atoms with van der Waals surface area (Å²) in [5.74, 6) is 0. The Hall–Kier alpha value is -0.605. The van der Waals surface area contributed by atoms with Crippen molar-refractivity contribution < 1.29 is 14.1 Å². The lowest BCUT2D eigenvalue weighted by molar-refractivity contribution is -0.302. The number of unbranched alkanes of at least 4 members (excludes halogenated alkanes) is 1. The van der Waals surface area contributed by atoms with Gasteiger partial charge in [-0.25, -0.2) is 0 Å². The van der Waals surface area contributed by atoms with Crippen LogP contribution in [-0.2, 0) is 14.1 Å². The van der Waals surface area contributed by atoms with Crippen LogP contribution in [0.5, 0.6) is 0 Å². The molecule has 2 rings (SSSR count). The minimum Gasteiger partial charge on any atom is -0.403 e. The number of hydrogen-bond donors (Lipinski definition) is 0. The third kappa shape index (κ3) is 5.26. The Labute approximate surface area is 166 Å². The summed E-state index contributed by atoms with van der Waals surface area (Å²) in [5.41, 5.74) is -0.687. The molecule has 27 heavy (non-hydrogen) atoms. The quantitative estimate of drug-likeness (QED) is 0.455. The highest BCUT2D eigenvalue weighted by atomic mass is 16.7. The zero-order chi connectivity index (χ0) is 20.5. The van der Waals surface area contributed by atoms with Crippen molar-refractivity contribution in [3.63, 3.8) is 0 Å². The minimum atomic E-state index is -0.335. The molecule has 2 heterocycles. The van der Waals surface area contributed by atoms with E-state index in [0.717, 1.165) is 25.7 Å². The molecule has 0 saturated carbocycles. The normalized spacial score (nSPS) is 27.3. The van der Waals surface area contributed by atoms with Gasteiger partial charge in [-0.1, -0.05) is 0 Å². The molecule has 5 nitrogen and oxygen atoms in total. The first-order valence-electron chi connectivity index (χ1n) is 10.5. The molecule has 1 atom stereocenters. The van der Waals surface area contributed by atoms with Crippen molar-refractivity contribution in [2.24, 2.45) is 0 Å². The van der Waals surface area contributed by atoms with Gasteiger partial charge < -0.3 is 9.31 Å². The summed E-state index contributed by atoms with van der Waals surface area (Å²) in [6.45, 7) is 17.4. The van der Waals surface area contributed by atoms with E-state index in [0.29, 0.717) is 12.7 Å². The maximum absolute atomic E-state index is 8.94. The van der Waals surface area contributed by atoms with Crippen LogP contribution in [0.2, 0.25) is 6.32 Å². The molecule has 6 heteroatoms. The first kappa shape index (κ1) is 22.7. The summed E-state index contributed by atoms with van der Waals surface area (Å²) in [7, 11) is -0.280. The van der Waals surface area contributed by atoms with E-state index in [9.17, 15) is 0 Å². The molecule has 2 saturated heterocycles. The van der Waals surface area contributed by atoms with Gasteiger partial charge in [0.25, 0.3) is 0 Å². The summed E-state index contributed by atoms with van der Waals surface area (Å²) < 4.78 is 12.4. The highest BCUT2D eigenvalue weighted by Crippen LogP contribution is 2.41. The lowest BCUT2D eigenvalue weighted by atomic mass is 9.80. The average Bonchev–Trinajstić information content (AvgIpc) is 2.69. The smallest absolute Gasteiger partial charge is 0.403 e. The predicted molar refractivity (Wildman–Crippen MR) is 109 cm³/mol. The highest BCUT2D eigenvalue weighted by molar-refractivity contribution is 6.45. The molecule has 2 aliphatic heterocycles. The standard InChI is InChI=1S/C21H39BN2O3/c1-18(2)13-11-14-19(3,4)24(18)25-17(12-9-10-15-23)16-22-26-20(5,6)21(7,8)27-22/h17H,9-14,16H2,1-8H3. The van der Waals surface area contributed by atoms with Gasteiger partial charge in [-0.05, 0) is 87.5 Å². The Morgan fingerprint density at radius 2 is 1.52 bits per heavy atom. The summed E-state index contributed by atoms with van der Waals surface area (Å²) in [5, 5.41) is 11.2. The zero-order valence-corrected chi connectivity index (χ0v) is 18.7. The third-order valence-electron chi connectivity index (χ3n) is 6.50. The van der Waals surface area contributed by atoms with Gasteiger partial charge >= 0.3 is 7.12 Å². The van der Waals surface area contributed by atoms with Gasteiger partial charge in [0.1, 0.15) is 0 Å². The first-order chi connectivity index (χ1) is 12.3. The summed E-state index contributed by atoms with van der Waals surface area (Å²) in [4.78, 5) is 6.63. The van der Waals surface area contributed by atoms with Gasteiger partial charge in [-0.2, -0.15) is 10.3 Å². The molecule has 2 fully saturated rings. The highest BCUT2D eigenvalue weighted by Gasteiger charge is 2.52. The van der Waals surface area contributed by atoms with E-state index in [-0.39, 0.29) is 35.5 Å². The molecule has 0 spiro atoms. The molecule has 0 aromatic heterocycles. The number of nitrogens with zero attached hydrogens (tertiary/aromatic N) is 2. The maximum Gasteiger partial charge on any atom is 0.460 e. The number of rotatable bonds is 7. The fourth-order valence-electron chi connectivity index (χ4n) is 4.31. The number of nitriles is 1. The van der Waals surface area contributed by atoms with Crippen LogP contribution in [-0.4, -0.2) is 40.6 Å². The van der Waals surface area contributed by atoms with Crippen molar-refractivity contribution in [2.75, 3.05) is 0 Å². The van der Waals surface area contributed by atoms with Crippen LogP contribution in [0.1, 0.15) is 93.9 Å².